The summed E-state index contributed by atoms with van der Waals surface area (Å²) in [6.45, 7) is 7.23. The number of carbonyl (C=O) groups is 2. The summed E-state index contributed by atoms with van der Waals surface area (Å²) in [7, 11) is 0. The molecule has 47 heavy (non-hydrogen) atoms. The van der Waals surface area contributed by atoms with Crippen LogP contribution in [0.4, 0.5) is 13.6 Å². The lowest BCUT2D eigenvalue weighted by Gasteiger charge is -2.38. The van der Waals surface area contributed by atoms with Crippen molar-refractivity contribution < 1.29 is 28.2 Å². The van der Waals surface area contributed by atoms with Crippen molar-refractivity contribution in [3.63, 3.8) is 0 Å². The van der Waals surface area contributed by atoms with Gasteiger partial charge in [-0.1, -0.05) is 69.3 Å². The van der Waals surface area contributed by atoms with Gasteiger partial charge in [0, 0.05) is 36.5 Å². The summed E-state index contributed by atoms with van der Waals surface area (Å²) in [6.07, 6.45) is 3.79. The number of imidazole rings is 2. The molecule has 3 atom stereocenters. The van der Waals surface area contributed by atoms with E-state index in [0.29, 0.717) is 23.9 Å². The molecule has 0 spiro atoms. The van der Waals surface area contributed by atoms with E-state index in [1.165, 1.54) is 4.90 Å². The fourth-order valence-corrected chi connectivity index (χ4v) is 6.22. The Morgan fingerprint density at radius 3 is 2.09 bits per heavy atom. The summed E-state index contributed by atoms with van der Waals surface area (Å²) >= 11 is 0. The number of amides is 2. The van der Waals surface area contributed by atoms with Crippen LogP contribution in [0, 0.1) is 5.41 Å². The first-order chi connectivity index (χ1) is 22.2. The summed E-state index contributed by atoms with van der Waals surface area (Å²) in [5.74, 6) is -2.13. The maximum absolute atomic E-state index is 13.7. The number of benzene rings is 2. The Hall–Kier alpha value is -4.58. The predicted molar refractivity (Wildman–Crippen MR) is 173 cm³/mol. The van der Waals surface area contributed by atoms with Gasteiger partial charge in [0.1, 0.15) is 23.9 Å². The Labute approximate surface area is 272 Å². The van der Waals surface area contributed by atoms with E-state index in [9.17, 15) is 23.5 Å². The van der Waals surface area contributed by atoms with Crippen LogP contribution < -0.4 is 5.32 Å². The van der Waals surface area contributed by atoms with Crippen molar-refractivity contribution in [1.82, 2.24) is 30.2 Å². The highest BCUT2D eigenvalue weighted by Gasteiger charge is 2.47. The van der Waals surface area contributed by atoms with E-state index in [4.69, 9.17) is 14.7 Å². The normalized spacial score (nSPS) is 21.8. The summed E-state index contributed by atoms with van der Waals surface area (Å²) in [4.78, 5) is 42.1. The number of nitrogens with zero attached hydrogens (tertiary/aromatic N) is 3. The van der Waals surface area contributed by atoms with Crippen molar-refractivity contribution in [2.24, 2.45) is 5.41 Å². The number of hydrogen-bond acceptors (Lipinski definition) is 5. The van der Waals surface area contributed by atoms with Crippen molar-refractivity contribution in [1.29, 1.82) is 0 Å². The summed E-state index contributed by atoms with van der Waals surface area (Å²) in [6, 6.07) is 15.3. The minimum Gasteiger partial charge on any atom is -0.465 e. The van der Waals surface area contributed by atoms with Crippen LogP contribution >= 0.6 is 0 Å². The number of alkyl halides is 2. The first kappa shape index (κ1) is 32.4. The fraction of sp³-hybridized carbons (Fsp3) is 0.429. The maximum Gasteiger partial charge on any atom is 0.407 e. The predicted octanol–water partition coefficient (Wildman–Crippen LogP) is 7.36. The number of hydrogen-bond donors (Lipinski definition) is 4. The third-order valence-electron chi connectivity index (χ3n) is 9.17. The average Bonchev–Trinajstić information content (AvgIpc) is 3.82. The lowest BCUT2D eigenvalue weighted by Crippen LogP contribution is -2.54. The van der Waals surface area contributed by atoms with E-state index in [1.54, 1.807) is 13.1 Å². The van der Waals surface area contributed by atoms with Crippen LogP contribution in [0.25, 0.3) is 33.6 Å². The van der Waals surface area contributed by atoms with Gasteiger partial charge in [-0.05, 0) is 42.7 Å². The van der Waals surface area contributed by atoms with Gasteiger partial charge in [0.2, 0.25) is 0 Å². The number of aromatic amines is 2. The van der Waals surface area contributed by atoms with Gasteiger partial charge in [0.05, 0.1) is 23.5 Å². The zero-order chi connectivity index (χ0) is 33.6. The van der Waals surface area contributed by atoms with Gasteiger partial charge in [0.25, 0.3) is 11.8 Å². The van der Waals surface area contributed by atoms with E-state index in [-0.39, 0.29) is 12.5 Å². The molecule has 2 saturated heterocycles. The number of halogens is 2. The number of H-pyrrole nitrogens is 2. The molecule has 2 aliphatic rings. The number of carbonyl (C=O) groups excluding carboxylic acids is 1. The number of aromatic nitrogens is 4. The smallest absolute Gasteiger partial charge is 0.407 e. The molecule has 2 fully saturated rings. The first-order valence-electron chi connectivity index (χ1n) is 15.9. The molecule has 12 heteroatoms. The van der Waals surface area contributed by atoms with E-state index in [1.807, 2.05) is 75.5 Å². The highest BCUT2D eigenvalue weighted by atomic mass is 19.3. The minimum absolute atomic E-state index is 0.0704. The van der Waals surface area contributed by atoms with Crippen LogP contribution in [0.3, 0.4) is 0 Å². The second-order valence-electron chi connectivity index (χ2n) is 13.8. The number of likely N-dealkylation sites (tertiary alicyclic amines) is 1. The fourth-order valence-electron chi connectivity index (χ4n) is 6.22. The Balaban J connectivity index is 1.13. The van der Waals surface area contributed by atoms with E-state index >= 15 is 0 Å². The minimum atomic E-state index is -2.92. The second-order valence-corrected chi connectivity index (χ2v) is 13.8. The highest BCUT2D eigenvalue weighted by Crippen LogP contribution is 2.38. The number of ether oxygens (including phenoxy) is 1. The average molecular weight is 647 g/mol. The van der Waals surface area contributed by atoms with Crippen LogP contribution in [-0.4, -0.2) is 66.6 Å². The molecule has 2 aromatic heterocycles. The third kappa shape index (κ3) is 6.78. The van der Waals surface area contributed by atoms with Gasteiger partial charge in [-0.25, -0.2) is 23.5 Å². The van der Waals surface area contributed by atoms with E-state index in [2.05, 4.69) is 15.3 Å². The van der Waals surface area contributed by atoms with Crippen LogP contribution in [0.1, 0.15) is 77.1 Å². The standard InChI is InChI=1S/C35H40F2N6O4/c1-33(2,3)28(42-31(44)34(4)15-16-35(36,37)20-47-34)30-39-19-26(41-30)24-13-9-22(10-14-24)21-7-11-23(12-8-21)25-18-38-29(40-25)27-6-5-17-43(27)32(45)46/h7-14,18-19,27-28H,5-6,15-17,20H2,1-4H3,(H,38,40)(H,39,41)(H,42,44)(H,45,46)/t27?,28-,34-/m1/s1. The molecule has 248 valence electrons. The topological polar surface area (TPSA) is 136 Å². The quantitative estimate of drug-likeness (QED) is 0.166. The van der Waals surface area contributed by atoms with Gasteiger partial charge in [0.15, 0.2) is 0 Å². The van der Waals surface area contributed by atoms with E-state index in [0.717, 1.165) is 40.8 Å². The lowest BCUT2D eigenvalue weighted by atomic mass is 9.85. The zero-order valence-corrected chi connectivity index (χ0v) is 26.9. The molecule has 4 aromatic rings. The summed E-state index contributed by atoms with van der Waals surface area (Å²) in [5.41, 5.74) is 3.58. The van der Waals surface area contributed by atoms with Crippen molar-refractivity contribution in [3.8, 4) is 33.6 Å². The first-order valence-corrected chi connectivity index (χ1v) is 15.9. The zero-order valence-electron chi connectivity index (χ0n) is 26.9. The molecule has 0 aliphatic carbocycles. The molecule has 6 rings (SSSR count). The van der Waals surface area contributed by atoms with Crippen molar-refractivity contribution in [2.45, 2.75) is 77.0 Å². The molecule has 2 aliphatic heterocycles. The summed E-state index contributed by atoms with van der Waals surface area (Å²) < 4.78 is 32.7. The van der Waals surface area contributed by atoms with Crippen LogP contribution in [0.2, 0.25) is 0 Å². The number of carboxylic acid groups (broad SMARTS) is 1. The molecule has 1 unspecified atom stereocenters. The third-order valence-corrected chi connectivity index (χ3v) is 9.17. The molecule has 2 amide bonds. The molecule has 2 aromatic carbocycles. The van der Waals surface area contributed by atoms with Gasteiger partial charge in [-0.2, -0.15) is 0 Å². The molecular formula is C35H40F2N6O4. The second kappa shape index (κ2) is 12.2. The Morgan fingerprint density at radius 1 is 0.957 bits per heavy atom. The molecule has 4 heterocycles. The molecule has 0 bridgehead atoms. The Bertz CT molecular complexity index is 1730. The Morgan fingerprint density at radius 2 is 1.53 bits per heavy atom. The van der Waals surface area contributed by atoms with Crippen LogP contribution in [-0.2, 0) is 9.53 Å². The highest BCUT2D eigenvalue weighted by molar-refractivity contribution is 5.85. The van der Waals surface area contributed by atoms with Crippen molar-refractivity contribution >= 4 is 12.0 Å². The molecule has 0 radical (unpaired) electrons. The van der Waals surface area contributed by atoms with Crippen LogP contribution in [0.15, 0.2) is 60.9 Å². The molecular weight excluding hydrogens is 606 g/mol. The molecule has 0 saturated carbocycles. The lowest BCUT2D eigenvalue weighted by molar-refractivity contribution is -0.190. The van der Waals surface area contributed by atoms with Gasteiger partial charge in [-0.15, -0.1) is 0 Å². The van der Waals surface area contributed by atoms with Gasteiger partial charge < -0.3 is 25.1 Å². The molecule has 4 N–H and O–H groups in total. The van der Waals surface area contributed by atoms with Crippen molar-refractivity contribution in [3.05, 3.63) is 72.6 Å². The monoisotopic (exact) mass is 646 g/mol. The van der Waals surface area contributed by atoms with E-state index < -0.39 is 48.0 Å². The van der Waals surface area contributed by atoms with Gasteiger partial charge >= 0.3 is 6.09 Å². The SMILES string of the molecule is CC(C)(C)[C@H](NC(=O)[C@@]1(C)CCC(F)(F)CO1)c1nc(-c2ccc(-c3ccc(-c4c[nH]c(C5CCCN5C(=O)O)n4)cc3)cc2)c[nH]1. The number of rotatable bonds is 7. The number of nitrogens with one attached hydrogen (secondary N) is 3. The largest absolute Gasteiger partial charge is 0.465 e. The van der Waals surface area contributed by atoms with Gasteiger partial charge in [-0.3, -0.25) is 9.69 Å². The molecule has 10 nitrogen and oxygen atoms in total. The van der Waals surface area contributed by atoms with Crippen LogP contribution in [0.5, 0.6) is 0 Å². The van der Waals surface area contributed by atoms with Crippen molar-refractivity contribution in [2.75, 3.05) is 13.2 Å². The Kier molecular flexibility index (Phi) is 8.41. The maximum atomic E-state index is 13.7. The summed E-state index contributed by atoms with van der Waals surface area (Å²) in [5, 5.41) is 12.5.